The van der Waals surface area contributed by atoms with E-state index in [4.69, 9.17) is 5.73 Å². The van der Waals surface area contributed by atoms with E-state index in [1.807, 2.05) is 0 Å². The summed E-state index contributed by atoms with van der Waals surface area (Å²) in [5.74, 6) is -2.71. The molecule has 1 amide bonds. The van der Waals surface area contributed by atoms with Crippen molar-refractivity contribution in [1.82, 2.24) is 9.97 Å². The van der Waals surface area contributed by atoms with Gasteiger partial charge in [0.1, 0.15) is 0 Å². The number of benzene rings is 1. The second-order valence-electron chi connectivity index (χ2n) is 3.25. The van der Waals surface area contributed by atoms with Crippen LogP contribution in [0.1, 0.15) is 10.4 Å². The summed E-state index contributed by atoms with van der Waals surface area (Å²) in [4.78, 5) is 18.0. The highest BCUT2D eigenvalue weighted by Crippen LogP contribution is 2.17. The van der Waals surface area contributed by atoms with Crippen LogP contribution in [0.2, 0.25) is 0 Å². The summed E-state index contributed by atoms with van der Waals surface area (Å²) in [6.45, 7) is 0. The molecule has 0 aliphatic carbocycles. The van der Waals surface area contributed by atoms with E-state index in [-0.39, 0.29) is 17.2 Å². The lowest BCUT2D eigenvalue weighted by Gasteiger charge is -2.06. The van der Waals surface area contributed by atoms with Crippen LogP contribution < -0.4 is 11.1 Å². The van der Waals surface area contributed by atoms with Gasteiger partial charge in [-0.25, -0.2) is 13.8 Å². The zero-order valence-corrected chi connectivity index (χ0v) is 8.50. The highest BCUT2D eigenvalue weighted by molar-refractivity contribution is 6.06. The predicted molar refractivity (Wildman–Crippen MR) is 57.3 cm³/mol. The number of imidazole rings is 1. The first-order chi connectivity index (χ1) is 8.08. The SMILES string of the molecule is Nc1cc(F)c(F)cc1C(=O)Nc1ncc[nH]1. The average Bonchev–Trinajstić information content (AvgIpc) is 2.76. The maximum atomic E-state index is 13.0. The fourth-order valence-corrected chi connectivity index (χ4v) is 1.27. The molecule has 88 valence electrons. The van der Waals surface area contributed by atoms with E-state index < -0.39 is 17.5 Å². The molecule has 0 radical (unpaired) electrons. The van der Waals surface area contributed by atoms with Crippen molar-refractivity contribution in [3.8, 4) is 0 Å². The highest BCUT2D eigenvalue weighted by Gasteiger charge is 2.15. The Morgan fingerprint density at radius 1 is 1.35 bits per heavy atom. The largest absolute Gasteiger partial charge is 0.398 e. The van der Waals surface area contributed by atoms with Crippen molar-refractivity contribution in [2.75, 3.05) is 11.1 Å². The molecule has 7 heteroatoms. The molecule has 4 N–H and O–H groups in total. The smallest absolute Gasteiger partial charge is 0.260 e. The summed E-state index contributed by atoms with van der Waals surface area (Å²) < 4.78 is 25.8. The zero-order chi connectivity index (χ0) is 12.4. The Kier molecular flexibility index (Phi) is 2.73. The molecule has 0 saturated carbocycles. The van der Waals surface area contributed by atoms with Gasteiger partial charge in [-0.15, -0.1) is 0 Å². The van der Waals surface area contributed by atoms with Crippen LogP contribution in [-0.4, -0.2) is 15.9 Å². The van der Waals surface area contributed by atoms with E-state index in [0.29, 0.717) is 0 Å². The third-order valence-electron chi connectivity index (χ3n) is 2.07. The first-order valence-electron chi connectivity index (χ1n) is 4.63. The highest BCUT2D eigenvalue weighted by atomic mass is 19.2. The molecule has 0 atom stereocenters. The van der Waals surface area contributed by atoms with Gasteiger partial charge in [-0.3, -0.25) is 10.1 Å². The van der Waals surface area contributed by atoms with Crippen molar-refractivity contribution in [1.29, 1.82) is 0 Å². The van der Waals surface area contributed by atoms with Gasteiger partial charge in [0.2, 0.25) is 5.95 Å². The minimum atomic E-state index is -1.14. The number of nitrogens with two attached hydrogens (primary N) is 1. The summed E-state index contributed by atoms with van der Waals surface area (Å²) >= 11 is 0. The molecule has 1 heterocycles. The van der Waals surface area contributed by atoms with Crippen molar-refractivity contribution in [3.05, 3.63) is 41.7 Å². The van der Waals surface area contributed by atoms with E-state index in [2.05, 4.69) is 15.3 Å². The number of carbonyl (C=O) groups excluding carboxylic acids is 1. The first kappa shape index (κ1) is 11.1. The fourth-order valence-electron chi connectivity index (χ4n) is 1.27. The number of hydrogen-bond donors (Lipinski definition) is 3. The van der Waals surface area contributed by atoms with Crippen molar-refractivity contribution < 1.29 is 13.6 Å². The van der Waals surface area contributed by atoms with Crippen LogP contribution in [0.15, 0.2) is 24.5 Å². The second-order valence-corrected chi connectivity index (χ2v) is 3.25. The Bertz CT molecular complexity index is 554. The third-order valence-corrected chi connectivity index (χ3v) is 2.07. The lowest BCUT2D eigenvalue weighted by Crippen LogP contribution is -2.15. The summed E-state index contributed by atoms with van der Waals surface area (Å²) in [6.07, 6.45) is 2.94. The van der Waals surface area contributed by atoms with Gasteiger partial charge in [0.25, 0.3) is 5.91 Å². The number of aromatic amines is 1. The number of hydrogen-bond acceptors (Lipinski definition) is 3. The zero-order valence-electron chi connectivity index (χ0n) is 8.50. The number of nitrogens with one attached hydrogen (secondary N) is 2. The van der Waals surface area contributed by atoms with E-state index in [9.17, 15) is 13.6 Å². The normalized spacial score (nSPS) is 10.2. The lowest BCUT2D eigenvalue weighted by molar-refractivity contribution is 0.102. The lowest BCUT2D eigenvalue weighted by atomic mass is 10.1. The molecule has 0 bridgehead atoms. The minimum Gasteiger partial charge on any atom is -0.398 e. The molecule has 2 aromatic rings. The number of halogens is 2. The molecule has 0 saturated heterocycles. The second kappa shape index (κ2) is 4.20. The van der Waals surface area contributed by atoms with Crippen LogP contribution in [0.4, 0.5) is 20.4 Å². The molecule has 0 spiro atoms. The molecule has 2 rings (SSSR count). The van der Waals surface area contributed by atoms with Crippen LogP contribution in [0, 0.1) is 11.6 Å². The molecule has 0 aliphatic rings. The third kappa shape index (κ3) is 2.22. The van der Waals surface area contributed by atoms with Gasteiger partial charge in [0.05, 0.1) is 5.56 Å². The summed E-state index contributed by atoms with van der Waals surface area (Å²) in [7, 11) is 0. The standard InChI is InChI=1S/C10H8F2N4O/c11-6-3-5(8(13)4-7(6)12)9(17)16-10-14-1-2-15-10/h1-4H,13H2,(H2,14,15,16,17). The van der Waals surface area contributed by atoms with Crippen LogP contribution in [-0.2, 0) is 0 Å². The monoisotopic (exact) mass is 238 g/mol. The molecule has 0 unspecified atom stereocenters. The first-order valence-corrected chi connectivity index (χ1v) is 4.63. The molecule has 0 fully saturated rings. The quantitative estimate of drug-likeness (QED) is 0.693. The van der Waals surface area contributed by atoms with E-state index in [1.54, 1.807) is 0 Å². The molecule has 1 aromatic carbocycles. The Morgan fingerprint density at radius 2 is 2.06 bits per heavy atom. The van der Waals surface area contributed by atoms with Crippen LogP contribution in [0.3, 0.4) is 0 Å². The van der Waals surface area contributed by atoms with Crippen LogP contribution in [0.5, 0.6) is 0 Å². The Labute approximate surface area is 94.7 Å². The van der Waals surface area contributed by atoms with Crippen molar-refractivity contribution in [2.45, 2.75) is 0 Å². The molecular weight excluding hydrogens is 230 g/mol. The molecule has 0 aliphatic heterocycles. The Morgan fingerprint density at radius 3 is 2.71 bits per heavy atom. The average molecular weight is 238 g/mol. The maximum absolute atomic E-state index is 13.0. The van der Waals surface area contributed by atoms with Crippen molar-refractivity contribution >= 4 is 17.5 Å². The van der Waals surface area contributed by atoms with E-state index in [0.717, 1.165) is 12.1 Å². The van der Waals surface area contributed by atoms with Crippen LogP contribution >= 0.6 is 0 Å². The predicted octanol–water partition coefficient (Wildman–Crippen LogP) is 1.52. The van der Waals surface area contributed by atoms with Gasteiger partial charge in [0.15, 0.2) is 11.6 Å². The summed E-state index contributed by atoms with van der Waals surface area (Å²) in [5, 5.41) is 2.35. The number of carbonyl (C=O) groups is 1. The van der Waals surface area contributed by atoms with E-state index in [1.165, 1.54) is 12.4 Å². The van der Waals surface area contributed by atoms with Gasteiger partial charge in [-0.2, -0.15) is 0 Å². The van der Waals surface area contributed by atoms with Gasteiger partial charge >= 0.3 is 0 Å². The minimum absolute atomic E-state index is 0.145. The fraction of sp³-hybridized carbons (Fsp3) is 0. The number of amides is 1. The number of nitrogen functional groups attached to an aromatic ring is 1. The van der Waals surface area contributed by atoms with Crippen molar-refractivity contribution in [3.63, 3.8) is 0 Å². The molecule has 17 heavy (non-hydrogen) atoms. The summed E-state index contributed by atoms with van der Waals surface area (Å²) in [6, 6.07) is 1.50. The van der Waals surface area contributed by atoms with Gasteiger partial charge in [0, 0.05) is 24.1 Å². The Balaban J connectivity index is 2.28. The number of aromatic nitrogens is 2. The number of H-pyrrole nitrogens is 1. The van der Waals surface area contributed by atoms with E-state index >= 15 is 0 Å². The maximum Gasteiger partial charge on any atom is 0.260 e. The topological polar surface area (TPSA) is 83.8 Å². The number of rotatable bonds is 2. The van der Waals surface area contributed by atoms with Gasteiger partial charge < -0.3 is 10.7 Å². The molecule has 1 aromatic heterocycles. The van der Waals surface area contributed by atoms with Gasteiger partial charge in [-0.05, 0) is 6.07 Å². The number of anilines is 2. The summed E-state index contributed by atoms with van der Waals surface area (Å²) in [5.41, 5.74) is 5.12. The molecular formula is C10H8F2N4O. The van der Waals surface area contributed by atoms with Gasteiger partial charge in [-0.1, -0.05) is 0 Å². The Hall–Kier alpha value is -2.44. The van der Waals surface area contributed by atoms with Crippen LogP contribution in [0.25, 0.3) is 0 Å². The van der Waals surface area contributed by atoms with Crippen molar-refractivity contribution in [2.24, 2.45) is 0 Å². The molecule has 5 nitrogen and oxygen atoms in total. The number of nitrogens with zero attached hydrogens (tertiary/aromatic N) is 1.